The van der Waals surface area contributed by atoms with Crippen molar-refractivity contribution in [1.29, 1.82) is 0 Å². The Morgan fingerprint density at radius 3 is 2.88 bits per heavy atom. The minimum atomic E-state index is 0.369. The van der Waals surface area contributed by atoms with Gasteiger partial charge < -0.3 is 10.1 Å². The summed E-state index contributed by atoms with van der Waals surface area (Å²) < 4.78 is 5.86. The summed E-state index contributed by atoms with van der Waals surface area (Å²) in [4.78, 5) is 0. The smallest absolute Gasteiger partial charge is 0.294 e. The van der Waals surface area contributed by atoms with E-state index in [0.29, 0.717) is 6.10 Å². The van der Waals surface area contributed by atoms with Gasteiger partial charge in [-0.15, -0.1) is 5.10 Å². The number of aromatic nitrogens is 2. The molecule has 0 amide bonds. The van der Waals surface area contributed by atoms with Crippen molar-refractivity contribution in [2.75, 3.05) is 6.54 Å². The van der Waals surface area contributed by atoms with Crippen molar-refractivity contribution in [2.45, 2.75) is 58.1 Å². The van der Waals surface area contributed by atoms with Crippen molar-refractivity contribution >= 4 is 11.3 Å². The minimum Gasteiger partial charge on any atom is -0.466 e. The van der Waals surface area contributed by atoms with Crippen LogP contribution in [0.5, 0.6) is 5.19 Å². The third-order valence-corrected chi connectivity index (χ3v) is 3.79. The van der Waals surface area contributed by atoms with Crippen molar-refractivity contribution in [3.05, 3.63) is 5.01 Å². The first-order chi connectivity index (χ1) is 8.38. The Morgan fingerprint density at radius 1 is 1.29 bits per heavy atom. The number of nitrogens with zero attached hydrogens (tertiary/aromatic N) is 2. The second-order valence-electron chi connectivity index (χ2n) is 4.52. The fourth-order valence-electron chi connectivity index (χ4n) is 2.05. The van der Waals surface area contributed by atoms with Crippen LogP contribution in [0.25, 0.3) is 0 Å². The Kier molecular flexibility index (Phi) is 5.19. The summed E-state index contributed by atoms with van der Waals surface area (Å²) in [6, 6.07) is 0. The van der Waals surface area contributed by atoms with Crippen molar-refractivity contribution in [1.82, 2.24) is 15.5 Å². The first kappa shape index (κ1) is 12.8. The Morgan fingerprint density at radius 2 is 2.12 bits per heavy atom. The molecular formula is C12H21N3OS. The highest BCUT2D eigenvalue weighted by Crippen LogP contribution is 2.25. The molecule has 0 atom stereocenters. The predicted molar refractivity (Wildman–Crippen MR) is 69.4 cm³/mol. The average Bonchev–Trinajstić information content (AvgIpc) is 2.79. The van der Waals surface area contributed by atoms with Crippen LogP contribution in [-0.4, -0.2) is 22.8 Å². The van der Waals surface area contributed by atoms with Gasteiger partial charge in [-0.05, 0) is 38.6 Å². The molecule has 1 N–H and O–H groups in total. The monoisotopic (exact) mass is 255 g/mol. The van der Waals surface area contributed by atoms with E-state index in [4.69, 9.17) is 4.74 Å². The molecule has 0 bridgehead atoms. The topological polar surface area (TPSA) is 47.0 Å². The molecule has 4 nitrogen and oxygen atoms in total. The van der Waals surface area contributed by atoms with E-state index in [1.165, 1.54) is 32.1 Å². The number of ether oxygens (including phenoxy) is 1. The van der Waals surface area contributed by atoms with Crippen LogP contribution in [0, 0.1) is 0 Å². The van der Waals surface area contributed by atoms with E-state index in [1.807, 2.05) is 0 Å². The van der Waals surface area contributed by atoms with Crippen LogP contribution >= 0.6 is 11.3 Å². The summed E-state index contributed by atoms with van der Waals surface area (Å²) in [5.41, 5.74) is 0. The predicted octanol–water partition coefficient (Wildman–Crippen LogP) is 2.75. The summed E-state index contributed by atoms with van der Waals surface area (Å²) in [7, 11) is 0. The normalized spacial score (nSPS) is 17.2. The lowest BCUT2D eigenvalue weighted by Gasteiger charge is -2.20. The molecule has 1 aromatic rings. The summed E-state index contributed by atoms with van der Waals surface area (Å²) in [5, 5.41) is 13.3. The van der Waals surface area contributed by atoms with E-state index in [-0.39, 0.29) is 0 Å². The third kappa shape index (κ3) is 4.24. The molecule has 1 aromatic heterocycles. The lowest BCUT2D eigenvalue weighted by Crippen LogP contribution is -2.19. The Labute approximate surface area is 107 Å². The largest absolute Gasteiger partial charge is 0.466 e. The zero-order chi connectivity index (χ0) is 11.9. The summed E-state index contributed by atoms with van der Waals surface area (Å²) in [6.07, 6.45) is 7.77. The van der Waals surface area contributed by atoms with Gasteiger partial charge in [0.25, 0.3) is 5.19 Å². The first-order valence-electron chi connectivity index (χ1n) is 6.58. The van der Waals surface area contributed by atoms with Crippen LogP contribution in [0.4, 0.5) is 0 Å². The van der Waals surface area contributed by atoms with Gasteiger partial charge in [0.05, 0.1) is 0 Å². The van der Waals surface area contributed by atoms with E-state index in [0.717, 1.165) is 29.7 Å². The zero-order valence-corrected chi connectivity index (χ0v) is 11.3. The molecule has 1 fully saturated rings. The number of nitrogens with one attached hydrogen (secondary N) is 1. The Hall–Kier alpha value is -0.680. The SMILES string of the molecule is CCCNCc1nnc(OC2CCCCC2)s1. The first-order valence-corrected chi connectivity index (χ1v) is 7.40. The molecule has 1 aliphatic rings. The van der Waals surface area contributed by atoms with Crippen LogP contribution in [0.2, 0.25) is 0 Å². The van der Waals surface area contributed by atoms with E-state index >= 15 is 0 Å². The standard InChI is InChI=1S/C12H21N3OS/c1-2-8-13-9-11-14-15-12(17-11)16-10-6-4-3-5-7-10/h10,13H,2-9H2,1H3. The molecule has 5 heteroatoms. The van der Waals surface area contributed by atoms with E-state index in [2.05, 4.69) is 22.4 Å². The van der Waals surface area contributed by atoms with Crippen LogP contribution in [-0.2, 0) is 6.54 Å². The molecule has 1 saturated carbocycles. The van der Waals surface area contributed by atoms with Crippen molar-refractivity contribution in [3.63, 3.8) is 0 Å². The molecule has 96 valence electrons. The quantitative estimate of drug-likeness (QED) is 0.794. The van der Waals surface area contributed by atoms with Gasteiger partial charge in [0.1, 0.15) is 11.1 Å². The fourth-order valence-corrected chi connectivity index (χ4v) is 2.78. The van der Waals surface area contributed by atoms with Crippen molar-refractivity contribution in [3.8, 4) is 5.19 Å². The zero-order valence-electron chi connectivity index (χ0n) is 10.4. The summed E-state index contributed by atoms with van der Waals surface area (Å²) in [5.74, 6) is 0. The lowest BCUT2D eigenvalue weighted by atomic mass is 9.98. The van der Waals surface area contributed by atoms with Crippen LogP contribution in [0.1, 0.15) is 50.5 Å². The van der Waals surface area contributed by atoms with Gasteiger partial charge in [-0.2, -0.15) is 0 Å². The second-order valence-corrected chi connectivity index (χ2v) is 5.54. The summed E-state index contributed by atoms with van der Waals surface area (Å²) >= 11 is 1.57. The fraction of sp³-hybridized carbons (Fsp3) is 0.833. The Bertz CT molecular complexity index is 323. The van der Waals surface area contributed by atoms with Crippen molar-refractivity contribution in [2.24, 2.45) is 0 Å². The van der Waals surface area contributed by atoms with E-state index in [9.17, 15) is 0 Å². The molecule has 1 heterocycles. The van der Waals surface area contributed by atoms with Crippen LogP contribution in [0.3, 0.4) is 0 Å². The number of rotatable bonds is 6. The number of hydrogen-bond donors (Lipinski definition) is 1. The molecule has 2 rings (SSSR count). The lowest BCUT2D eigenvalue weighted by molar-refractivity contribution is 0.153. The highest BCUT2D eigenvalue weighted by atomic mass is 32.1. The van der Waals surface area contributed by atoms with Gasteiger partial charge in [-0.1, -0.05) is 29.8 Å². The van der Waals surface area contributed by atoms with Gasteiger partial charge in [0.15, 0.2) is 0 Å². The van der Waals surface area contributed by atoms with Gasteiger partial charge in [0.2, 0.25) is 0 Å². The van der Waals surface area contributed by atoms with E-state index < -0.39 is 0 Å². The van der Waals surface area contributed by atoms with Gasteiger partial charge in [0, 0.05) is 6.54 Å². The maximum atomic E-state index is 5.86. The molecule has 0 radical (unpaired) electrons. The highest BCUT2D eigenvalue weighted by Gasteiger charge is 2.16. The molecule has 0 spiro atoms. The highest BCUT2D eigenvalue weighted by molar-refractivity contribution is 7.13. The molecule has 17 heavy (non-hydrogen) atoms. The van der Waals surface area contributed by atoms with Gasteiger partial charge in [-0.3, -0.25) is 0 Å². The third-order valence-electron chi connectivity index (χ3n) is 2.97. The van der Waals surface area contributed by atoms with Gasteiger partial charge >= 0.3 is 0 Å². The maximum Gasteiger partial charge on any atom is 0.294 e. The summed E-state index contributed by atoms with van der Waals surface area (Å²) in [6.45, 7) is 3.99. The molecule has 0 saturated heterocycles. The van der Waals surface area contributed by atoms with E-state index in [1.54, 1.807) is 11.3 Å². The maximum absolute atomic E-state index is 5.86. The molecule has 0 unspecified atom stereocenters. The molecule has 1 aliphatic carbocycles. The van der Waals surface area contributed by atoms with Crippen LogP contribution in [0.15, 0.2) is 0 Å². The van der Waals surface area contributed by atoms with Crippen molar-refractivity contribution < 1.29 is 4.74 Å². The van der Waals surface area contributed by atoms with Gasteiger partial charge in [-0.25, -0.2) is 0 Å². The molecule has 0 aliphatic heterocycles. The minimum absolute atomic E-state index is 0.369. The number of hydrogen-bond acceptors (Lipinski definition) is 5. The van der Waals surface area contributed by atoms with Crippen LogP contribution < -0.4 is 10.1 Å². The Balaban J connectivity index is 1.76. The second kappa shape index (κ2) is 6.91. The molecule has 0 aromatic carbocycles. The average molecular weight is 255 g/mol. The molecular weight excluding hydrogens is 234 g/mol.